The fourth-order valence-electron chi connectivity index (χ4n) is 1.47. The number of halogens is 1. The summed E-state index contributed by atoms with van der Waals surface area (Å²) in [6.45, 7) is -0.143. The van der Waals surface area contributed by atoms with Gasteiger partial charge in [0.25, 0.3) is 0 Å². The van der Waals surface area contributed by atoms with Crippen LogP contribution < -0.4 is 5.32 Å². The lowest BCUT2D eigenvalue weighted by atomic mass is 10.1. The zero-order chi connectivity index (χ0) is 13.5. The molecular weight excluding hydrogens is 349 g/mol. The molecule has 0 heterocycles. The largest absolute Gasteiger partial charge is 0.480 e. The van der Waals surface area contributed by atoms with Gasteiger partial charge in [0.1, 0.15) is 12.6 Å². The van der Waals surface area contributed by atoms with E-state index in [2.05, 4.69) is 32.6 Å². The van der Waals surface area contributed by atoms with E-state index in [9.17, 15) is 9.59 Å². The summed E-state index contributed by atoms with van der Waals surface area (Å²) >= 11 is 2.15. The Morgan fingerprint density at radius 1 is 1.50 bits per heavy atom. The number of methoxy groups -OCH3 is 1. The van der Waals surface area contributed by atoms with Gasteiger partial charge in [-0.25, -0.2) is 4.79 Å². The Morgan fingerprint density at radius 2 is 2.22 bits per heavy atom. The van der Waals surface area contributed by atoms with Gasteiger partial charge in [0.2, 0.25) is 5.91 Å². The normalized spacial score (nSPS) is 11.9. The van der Waals surface area contributed by atoms with Crippen LogP contribution in [0, 0.1) is 3.57 Å². The van der Waals surface area contributed by atoms with Crippen molar-refractivity contribution in [1.29, 1.82) is 0 Å². The first-order valence-electron chi connectivity index (χ1n) is 5.28. The predicted molar refractivity (Wildman–Crippen MR) is 74.3 cm³/mol. The van der Waals surface area contributed by atoms with E-state index in [1.165, 1.54) is 7.11 Å². The second-order valence-corrected chi connectivity index (χ2v) is 4.97. The van der Waals surface area contributed by atoms with Crippen LogP contribution in [-0.4, -0.2) is 36.7 Å². The van der Waals surface area contributed by atoms with Gasteiger partial charge in [0.15, 0.2) is 0 Å². The fraction of sp³-hybridized carbons (Fsp3) is 0.333. The summed E-state index contributed by atoms with van der Waals surface area (Å²) in [5.41, 5.74) is 0.868. The first-order chi connectivity index (χ1) is 8.52. The van der Waals surface area contributed by atoms with Crippen LogP contribution in [0.15, 0.2) is 24.3 Å². The average molecular weight is 363 g/mol. The van der Waals surface area contributed by atoms with E-state index in [1.54, 1.807) is 0 Å². The summed E-state index contributed by atoms with van der Waals surface area (Å²) in [7, 11) is 1.38. The molecule has 1 aromatic carbocycles. The minimum atomic E-state index is -1.06. The Hall–Kier alpha value is -1.15. The van der Waals surface area contributed by atoms with Crippen molar-refractivity contribution in [2.24, 2.45) is 0 Å². The van der Waals surface area contributed by atoms with Crippen LogP contribution in [0.3, 0.4) is 0 Å². The quantitative estimate of drug-likeness (QED) is 0.741. The van der Waals surface area contributed by atoms with Crippen LogP contribution in [0.4, 0.5) is 0 Å². The maximum absolute atomic E-state index is 11.3. The Labute approximate surface area is 119 Å². The zero-order valence-electron chi connectivity index (χ0n) is 9.85. The van der Waals surface area contributed by atoms with Crippen LogP contribution in [0.25, 0.3) is 0 Å². The molecule has 0 spiro atoms. The summed E-state index contributed by atoms with van der Waals surface area (Å²) < 4.78 is 5.67. The third kappa shape index (κ3) is 5.01. The van der Waals surface area contributed by atoms with Crippen molar-refractivity contribution in [3.8, 4) is 0 Å². The van der Waals surface area contributed by atoms with E-state index in [0.29, 0.717) is 0 Å². The topological polar surface area (TPSA) is 75.6 Å². The Bertz CT molecular complexity index is 436. The van der Waals surface area contributed by atoms with E-state index in [-0.39, 0.29) is 13.0 Å². The van der Waals surface area contributed by atoms with Gasteiger partial charge < -0.3 is 15.2 Å². The van der Waals surface area contributed by atoms with Crippen LogP contribution in [0.1, 0.15) is 5.56 Å². The molecule has 0 saturated carbocycles. The van der Waals surface area contributed by atoms with Gasteiger partial charge in [0, 0.05) is 17.1 Å². The van der Waals surface area contributed by atoms with Crippen LogP contribution >= 0.6 is 22.6 Å². The van der Waals surface area contributed by atoms with Crippen molar-refractivity contribution in [3.63, 3.8) is 0 Å². The van der Waals surface area contributed by atoms with Gasteiger partial charge >= 0.3 is 5.97 Å². The maximum Gasteiger partial charge on any atom is 0.326 e. The van der Waals surface area contributed by atoms with Crippen LogP contribution in [0.5, 0.6) is 0 Å². The first kappa shape index (κ1) is 14.9. The second-order valence-electron chi connectivity index (χ2n) is 3.73. The minimum Gasteiger partial charge on any atom is -0.480 e. The van der Waals surface area contributed by atoms with Gasteiger partial charge in [-0.05, 0) is 40.3 Å². The Morgan fingerprint density at radius 3 is 2.78 bits per heavy atom. The molecule has 98 valence electrons. The predicted octanol–water partition coefficient (Wildman–Crippen LogP) is 1.05. The molecule has 0 aliphatic rings. The number of hydrogen-bond donors (Lipinski definition) is 2. The summed E-state index contributed by atoms with van der Waals surface area (Å²) in [5.74, 6) is -1.49. The number of nitrogens with one attached hydrogen (secondary N) is 1. The molecule has 0 bridgehead atoms. The summed E-state index contributed by atoms with van der Waals surface area (Å²) in [6, 6.07) is 6.56. The lowest BCUT2D eigenvalue weighted by Gasteiger charge is -2.14. The SMILES string of the molecule is COCC(=O)N[C@H](Cc1cccc(I)c1)C(=O)O. The van der Waals surface area contributed by atoms with Crippen molar-refractivity contribution in [1.82, 2.24) is 5.32 Å². The third-order valence-corrected chi connectivity index (χ3v) is 2.91. The monoisotopic (exact) mass is 363 g/mol. The smallest absolute Gasteiger partial charge is 0.326 e. The number of carbonyl (C=O) groups excluding carboxylic acids is 1. The van der Waals surface area contributed by atoms with E-state index < -0.39 is 17.9 Å². The Balaban J connectivity index is 2.69. The van der Waals surface area contributed by atoms with Crippen LogP contribution in [-0.2, 0) is 20.7 Å². The van der Waals surface area contributed by atoms with E-state index in [1.807, 2.05) is 24.3 Å². The highest BCUT2D eigenvalue weighted by molar-refractivity contribution is 14.1. The molecular formula is C12H14INO4. The molecule has 0 saturated heterocycles. The van der Waals surface area contributed by atoms with Gasteiger partial charge in [-0.15, -0.1) is 0 Å². The molecule has 18 heavy (non-hydrogen) atoms. The molecule has 1 atom stereocenters. The number of carboxylic acids is 1. The Kier molecular flexibility index (Phi) is 6.06. The number of aliphatic carboxylic acids is 1. The third-order valence-electron chi connectivity index (χ3n) is 2.24. The van der Waals surface area contributed by atoms with Gasteiger partial charge in [-0.1, -0.05) is 12.1 Å². The summed E-state index contributed by atoms with van der Waals surface area (Å²) in [5, 5.41) is 11.5. The minimum absolute atomic E-state index is 0.143. The molecule has 0 aliphatic heterocycles. The lowest BCUT2D eigenvalue weighted by molar-refractivity contribution is -0.142. The van der Waals surface area contributed by atoms with Gasteiger partial charge in [-0.2, -0.15) is 0 Å². The van der Waals surface area contributed by atoms with Crippen molar-refractivity contribution in [3.05, 3.63) is 33.4 Å². The average Bonchev–Trinajstić information content (AvgIpc) is 2.28. The fourth-order valence-corrected chi connectivity index (χ4v) is 2.07. The highest BCUT2D eigenvalue weighted by atomic mass is 127. The standard InChI is InChI=1S/C12H14INO4/c1-18-7-11(15)14-10(12(16)17)6-8-3-2-4-9(13)5-8/h2-5,10H,6-7H2,1H3,(H,14,15)(H,16,17)/t10-/m1/s1. The molecule has 2 N–H and O–H groups in total. The number of ether oxygens (including phenoxy) is 1. The van der Waals surface area contributed by atoms with Gasteiger partial charge in [-0.3, -0.25) is 4.79 Å². The van der Waals surface area contributed by atoms with E-state index >= 15 is 0 Å². The van der Waals surface area contributed by atoms with Gasteiger partial charge in [0.05, 0.1) is 0 Å². The highest BCUT2D eigenvalue weighted by Gasteiger charge is 2.20. The van der Waals surface area contributed by atoms with E-state index in [4.69, 9.17) is 5.11 Å². The lowest BCUT2D eigenvalue weighted by Crippen LogP contribution is -2.43. The second kappa shape index (κ2) is 7.32. The number of rotatable bonds is 6. The molecule has 0 radical (unpaired) electrons. The number of hydrogen-bond acceptors (Lipinski definition) is 3. The molecule has 0 aliphatic carbocycles. The molecule has 6 heteroatoms. The van der Waals surface area contributed by atoms with Crippen molar-refractivity contribution < 1.29 is 19.4 Å². The number of amides is 1. The molecule has 5 nitrogen and oxygen atoms in total. The number of carboxylic acid groups (broad SMARTS) is 1. The summed E-state index contributed by atoms with van der Waals surface area (Å²) in [4.78, 5) is 22.4. The first-order valence-corrected chi connectivity index (χ1v) is 6.36. The summed E-state index contributed by atoms with van der Waals surface area (Å²) in [6.07, 6.45) is 0.252. The molecule has 0 fully saturated rings. The molecule has 0 aromatic heterocycles. The molecule has 1 amide bonds. The highest BCUT2D eigenvalue weighted by Crippen LogP contribution is 2.10. The molecule has 0 unspecified atom stereocenters. The molecule has 1 rings (SSSR count). The van der Waals surface area contributed by atoms with Crippen molar-refractivity contribution in [2.45, 2.75) is 12.5 Å². The van der Waals surface area contributed by atoms with Crippen molar-refractivity contribution in [2.75, 3.05) is 13.7 Å². The van der Waals surface area contributed by atoms with Crippen LogP contribution in [0.2, 0.25) is 0 Å². The number of benzene rings is 1. The maximum atomic E-state index is 11.3. The number of carbonyl (C=O) groups is 2. The zero-order valence-corrected chi connectivity index (χ0v) is 12.0. The van der Waals surface area contributed by atoms with Crippen molar-refractivity contribution >= 4 is 34.5 Å². The van der Waals surface area contributed by atoms with E-state index in [0.717, 1.165) is 9.13 Å². The molecule has 1 aromatic rings.